The fourth-order valence-electron chi connectivity index (χ4n) is 4.60. The zero-order chi connectivity index (χ0) is 24.6. The van der Waals surface area contributed by atoms with Gasteiger partial charge in [-0.1, -0.05) is 101 Å². The van der Waals surface area contributed by atoms with Gasteiger partial charge in [-0.25, -0.2) is 0 Å². The molecule has 2 aromatic rings. The van der Waals surface area contributed by atoms with Gasteiger partial charge in [0, 0.05) is 25.3 Å². The van der Waals surface area contributed by atoms with Crippen molar-refractivity contribution in [2.75, 3.05) is 37.6 Å². The second-order valence-corrected chi connectivity index (χ2v) is 9.66. The molecule has 0 fully saturated rings. The van der Waals surface area contributed by atoms with Crippen LogP contribution in [0.3, 0.4) is 0 Å². The van der Waals surface area contributed by atoms with Gasteiger partial charge in [-0.2, -0.15) is 0 Å². The van der Waals surface area contributed by atoms with Crippen LogP contribution in [0.5, 0.6) is 0 Å². The van der Waals surface area contributed by atoms with Gasteiger partial charge in [0.1, 0.15) is 0 Å². The number of hydrogen-bond acceptors (Lipinski definition) is 3. The van der Waals surface area contributed by atoms with Crippen molar-refractivity contribution in [3.63, 3.8) is 0 Å². The van der Waals surface area contributed by atoms with Gasteiger partial charge in [0.05, 0.1) is 6.54 Å². The topological polar surface area (TPSA) is 35.6 Å². The van der Waals surface area contributed by atoms with E-state index < -0.39 is 0 Å². The van der Waals surface area contributed by atoms with Crippen LogP contribution in [0.1, 0.15) is 70.4 Å². The van der Waals surface area contributed by atoms with Gasteiger partial charge < -0.3 is 15.1 Å². The number of para-hydroxylation sites is 1. The highest BCUT2D eigenvalue weighted by molar-refractivity contribution is 5.81. The van der Waals surface area contributed by atoms with Gasteiger partial charge in [0.25, 0.3) is 0 Å². The average molecular weight is 466 g/mol. The van der Waals surface area contributed by atoms with Crippen LogP contribution in [-0.2, 0) is 11.3 Å². The maximum atomic E-state index is 12.8. The van der Waals surface area contributed by atoms with E-state index in [9.17, 15) is 4.79 Å². The number of benzene rings is 2. The standard InChI is InChI=1S/C30H47N3O/c1-5-15-26(3)16-9-8-14-22-32(6-2)23-21-31-30(34)25-33(24-28-18-10-7-11-19-28)29-20-13-12-17-27(29)4/h7,10-13,17-20,26H,5-6,8-9,14-16,21-25H2,1-4H3,(H,31,34). The van der Waals surface area contributed by atoms with Crippen LogP contribution in [0.2, 0.25) is 0 Å². The first-order valence-electron chi connectivity index (χ1n) is 13.4. The minimum absolute atomic E-state index is 0.0835. The zero-order valence-electron chi connectivity index (χ0n) is 22.1. The van der Waals surface area contributed by atoms with Crippen molar-refractivity contribution in [3.05, 3.63) is 65.7 Å². The Labute approximate surface area is 208 Å². The highest BCUT2D eigenvalue weighted by Crippen LogP contribution is 2.21. The molecule has 0 spiro atoms. The predicted molar refractivity (Wildman–Crippen MR) is 146 cm³/mol. The second kappa shape index (κ2) is 16.3. The van der Waals surface area contributed by atoms with Crippen molar-refractivity contribution in [2.45, 2.75) is 72.8 Å². The molecule has 0 bridgehead atoms. The molecule has 1 atom stereocenters. The van der Waals surface area contributed by atoms with E-state index in [1.54, 1.807) is 0 Å². The van der Waals surface area contributed by atoms with Gasteiger partial charge in [-0.05, 0) is 49.5 Å². The van der Waals surface area contributed by atoms with E-state index >= 15 is 0 Å². The third kappa shape index (κ3) is 10.7. The molecule has 1 N–H and O–H groups in total. The van der Waals surface area contributed by atoms with Crippen molar-refractivity contribution in [2.24, 2.45) is 5.92 Å². The normalized spacial score (nSPS) is 12.0. The monoisotopic (exact) mass is 465 g/mol. The lowest BCUT2D eigenvalue weighted by atomic mass is 9.99. The molecule has 0 aliphatic carbocycles. The molecule has 1 unspecified atom stereocenters. The Morgan fingerprint density at radius 2 is 1.65 bits per heavy atom. The molecule has 4 heteroatoms. The third-order valence-corrected chi connectivity index (χ3v) is 6.66. The fraction of sp³-hybridized carbons (Fsp3) is 0.567. The van der Waals surface area contributed by atoms with Gasteiger partial charge in [-0.3, -0.25) is 4.79 Å². The minimum Gasteiger partial charge on any atom is -0.358 e. The highest BCUT2D eigenvalue weighted by Gasteiger charge is 2.14. The number of rotatable bonds is 17. The summed E-state index contributed by atoms with van der Waals surface area (Å²) in [5, 5.41) is 3.16. The van der Waals surface area contributed by atoms with Crippen molar-refractivity contribution in [3.8, 4) is 0 Å². The molecule has 0 aliphatic rings. The Balaban J connectivity index is 1.77. The molecule has 188 valence electrons. The number of hydrogen-bond donors (Lipinski definition) is 1. The number of aryl methyl sites for hydroxylation is 1. The van der Waals surface area contributed by atoms with Gasteiger partial charge in [-0.15, -0.1) is 0 Å². The maximum absolute atomic E-state index is 12.8. The van der Waals surface area contributed by atoms with Gasteiger partial charge in [0.2, 0.25) is 5.91 Å². The molecular weight excluding hydrogens is 418 g/mol. The number of nitrogens with zero attached hydrogens (tertiary/aromatic N) is 2. The van der Waals surface area contributed by atoms with Crippen molar-refractivity contribution in [1.29, 1.82) is 0 Å². The number of amides is 1. The first kappa shape index (κ1) is 27.9. The molecule has 2 rings (SSSR count). The first-order chi connectivity index (χ1) is 16.5. The summed E-state index contributed by atoms with van der Waals surface area (Å²) in [5.74, 6) is 0.948. The van der Waals surface area contributed by atoms with E-state index in [-0.39, 0.29) is 5.91 Å². The SMILES string of the molecule is CCCC(C)CCCCCN(CC)CCNC(=O)CN(Cc1ccccc1)c1ccccc1C. The number of carbonyl (C=O) groups is 1. The summed E-state index contributed by atoms with van der Waals surface area (Å²) in [6.07, 6.45) is 7.90. The van der Waals surface area contributed by atoms with Gasteiger partial charge >= 0.3 is 0 Å². The minimum atomic E-state index is 0.0835. The number of anilines is 1. The van der Waals surface area contributed by atoms with E-state index in [1.165, 1.54) is 49.7 Å². The van der Waals surface area contributed by atoms with Crippen molar-refractivity contribution < 1.29 is 4.79 Å². The van der Waals surface area contributed by atoms with E-state index in [2.05, 4.69) is 79.2 Å². The Morgan fingerprint density at radius 3 is 2.35 bits per heavy atom. The van der Waals surface area contributed by atoms with E-state index in [4.69, 9.17) is 0 Å². The summed E-state index contributed by atoms with van der Waals surface area (Å²) >= 11 is 0. The summed E-state index contributed by atoms with van der Waals surface area (Å²) in [6.45, 7) is 13.8. The van der Waals surface area contributed by atoms with Crippen LogP contribution in [0.15, 0.2) is 54.6 Å². The zero-order valence-corrected chi connectivity index (χ0v) is 22.1. The predicted octanol–water partition coefficient (Wildman–Crippen LogP) is 6.44. The molecule has 0 heterocycles. The number of unbranched alkanes of at least 4 members (excludes halogenated alkanes) is 2. The Hall–Kier alpha value is -2.33. The molecular formula is C30H47N3O. The van der Waals surface area contributed by atoms with Crippen molar-refractivity contribution >= 4 is 11.6 Å². The van der Waals surface area contributed by atoms with Crippen LogP contribution >= 0.6 is 0 Å². The summed E-state index contributed by atoms with van der Waals surface area (Å²) in [4.78, 5) is 17.5. The fourth-order valence-corrected chi connectivity index (χ4v) is 4.60. The third-order valence-electron chi connectivity index (χ3n) is 6.66. The molecule has 0 saturated heterocycles. The molecule has 2 aromatic carbocycles. The smallest absolute Gasteiger partial charge is 0.239 e. The number of carbonyl (C=O) groups excluding carboxylic acids is 1. The van der Waals surface area contributed by atoms with Crippen molar-refractivity contribution in [1.82, 2.24) is 10.2 Å². The Morgan fingerprint density at radius 1 is 0.912 bits per heavy atom. The average Bonchev–Trinajstić information content (AvgIpc) is 2.83. The molecule has 34 heavy (non-hydrogen) atoms. The summed E-state index contributed by atoms with van der Waals surface area (Å²) in [7, 11) is 0. The second-order valence-electron chi connectivity index (χ2n) is 9.66. The largest absolute Gasteiger partial charge is 0.358 e. The van der Waals surface area contributed by atoms with Crippen LogP contribution in [0.25, 0.3) is 0 Å². The molecule has 0 saturated carbocycles. The number of likely N-dealkylation sites (N-methyl/N-ethyl adjacent to an activating group) is 1. The van der Waals surface area contributed by atoms with E-state index in [1.807, 2.05) is 18.2 Å². The molecule has 0 radical (unpaired) electrons. The van der Waals surface area contributed by atoms with Crippen LogP contribution in [0, 0.1) is 12.8 Å². The van der Waals surface area contributed by atoms with Crippen LogP contribution in [0.4, 0.5) is 5.69 Å². The lowest BCUT2D eigenvalue weighted by molar-refractivity contribution is -0.119. The maximum Gasteiger partial charge on any atom is 0.239 e. The highest BCUT2D eigenvalue weighted by atomic mass is 16.2. The molecule has 1 amide bonds. The van der Waals surface area contributed by atoms with E-state index in [0.717, 1.165) is 37.8 Å². The van der Waals surface area contributed by atoms with Crippen LogP contribution in [-0.4, -0.2) is 43.5 Å². The Bertz CT molecular complexity index is 808. The molecule has 0 aromatic heterocycles. The molecule has 0 aliphatic heterocycles. The summed E-state index contributed by atoms with van der Waals surface area (Å²) < 4.78 is 0. The first-order valence-corrected chi connectivity index (χ1v) is 13.4. The molecule has 4 nitrogen and oxygen atoms in total. The lowest BCUT2D eigenvalue weighted by Gasteiger charge is -2.26. The lowest BCUT2D eigenvalue weighted by Crippen LogP contribution is -2.41. The number of nitrogens with one attached hydrogen (secondary N) is 1. The Kier molecular flexibility index (Phi) is 13.4. The summed E-state index contributed by atoms with van der Waals surface area (Å²) in [6, 6.07) is 18.7. The quantitative estimate of drug-likeness (QED) is 0.273. The summed E-state index contributed by atoms with van der Waals surface area (Å²) in [5.41, 5.74) is 3.51. The van der Waals surface area contributed by atoms with E-state index in [0.29, 0.717) is 13.1 Å². The van der Waals surface area contributed by atoms with Crippen LogP contribution < -0.4 is 10.2 Å². The van der Waals surface area contributed by atoms with Gasteiger partial charge in [0.15, 0.2) is 0 Å².